The lowest BCUT2D eigenvalue weighted by Crippen LogP contribution is -2.46. The van der Waals surface area contributed by atoms with Crippen LogP contribution in [0.3, 0.4) is 0 Å². The Bertz CT molecular complexity index is 440. The Morgan fingerprint density at radius 3 is 2.32 bits per heavy atom. The van der Waals surface area contributed by atoms with Gasteiger partial charge >= 0.3 is 5.97 Å². The van der Waals surface area contributed by atoms with Crippen molar-refractivity contribution in [1.82, 2.24) is 4.90 Å². The van der Waals surface area contributed by atoms with Crippen molar-refractivity contribution in [3.63, 3.8) is 0 Å². The van der Waals surface area contributed by atoms with Crippen molar-refractivity contribution in [3.8, 4) is 0 Å². The average molecular weight is 263 g/mol. The minimum absolute atomic E-state index is 0.0323. The van der Waals surface area contributed by atoms with Crippen LogP contribution in [0.5, 0.6) is 0 Å². The van der Waals surface area contributed by atoms with E-state index in [1.54, 1.807) is 20.9 Å². The Labute approximate surface area is 114 Å². The van der Waals surface area contributed by atoms with Gasteiger partial charge in [-0.15, -0.1) is 0 Å². The lowest BCUT2D eigenvalue weighted by Gasteiger charge is -2.34. The Balaban J connectivity index is 2.55. The molecule has 0 aliphatic heterocycles. The molecule has 1 amide bonds. The van der Waals surface area contributed by atoms with Gasteiger partial charge in [0.15, 0.2) is 0 Å². The molecular weight excluding hydrogens is 242 g/mol. The van der Waals surface area contributed by atoms with Crippen molar-refractivity contribution in [1.29, 1.82) is 0 Å². The first-order chi connectivity index (χ1) is 8.83. The van der Waals surface area contributed by atoms with Crippen LogP contribution in [0.15, 0.2) is 30.3 Å². The molecule has 0 aliphatic rings. The number of benzene rings is 1. The molecule has 0 saturated heterocycles. The quantitative estimate of drug-likeness (QED) is 0.857. The van der Waals surface area contributed by atoms with Crippen LogP contribution in [0.25, 0.3) is 0 Å². The first kappa shape index (κ1) is 15.2. The molecule has 0 fully saturated rings. The number of rotatable bonds is 6. The van der Waals surface area contributed by atoms with Crippen molar-refractivity contribution in [2.45, 2.75) is 38.6 Å². The first-order valence-electron chi connectivity index (χ1n) is 6.35. The summed E-state index contributed by atoms with van der Waals surface area (Å²) in [7, 11) is 1.66. The van der Waals surface area contributed by atoms with Gasteiger partial charge in [0.25, 0.3) is 0 Å². The third kappa shape index (κ3) is 4.73. The van der Waals surface area contributed by atoms with Crippen LogP contribution in [0.1, 0.15) is 32.3 Å². The molecule has 0 spiro atoms. The van der Waals surface area contributed by atoms with E-state index >= 15 is 0 Å². The van der Waals surface area contributed by atoms with E-state index in [1.165, 1.54) is 4.90 Å². The third-order valence-electron chi connectivity index (χ3n) is 3.34. The van der Waals surface area contributed by atoms with Crippen molar-refractivity contribution >= 4 is 11.9 Å². The van der Waals surface area contributed by atoms with Crippen molar-refractivity contribution in [2.24, 2.45) is 0 Å². The first-order valence-corrected chi connectivity index (χ1v) is 6.35. The number of aliphatic carboxylic acids is 1. The largest absolute Gasteiger partial charge is 0.481 e. The normalized spacial score (nSPS) is 11.1. The summed E-state index contributed by atoms with van der Waals surface area (Å²) in [5.74, 6) is -0.928. The number of hydrogen-bond donors (Lipinski definition) is 1. The SMILES string of the molecule is CN(C(=O)CCc1ccccc1)C(C)(C)CC(=O)O. The number of nitrogens with zero attached hydrogens (tertiary/aromatic N) is 1. The van der Waals surface area contributed by atoms with Crippen LogP contribution >= 0.6 is 0 Å². The maximum absolute atomic E-state index is 12.1. The van der Waals surface area contributed by atoms with Gasteiger partial charge in [0, 0.05) is 19.0 Å². The molecule has 0 heterocycles. The van der Waals surface area contributed by atoms with Gasteiger partial charge in [-0.2, -0.15) is 0 Å². The van der Waals surface area contributed by atoms with E-state index in [9.17, 15) is 9.59 Å². The van der Waals surface area contributed by atoms with Crippen LogP contribution in [0, 0.1) is 0 Å². The second kappa shape index (κ2) is 6.36. The molecule has 0 aromatic heterocycles. The number of amides is 1. The third-order valence-corrected chi connectivity index (χ3v) is 3.34. The summed E-state index contributed by atoms with van der Waals surface area (Å²) in [6, 6.07) is 9.79. The zero-order valence-corrected chi connectivity index (χ0v) is 11.7. The lowest BCUT2D eigenvalue weighted by atomic mass is 9.98. The fourth-order valence-corrected chi connectivity index (χ4v) is 1.89. The van der Waals surface area contributed by atoms with Gasteiger partial charge in [-0.05, 0) is 25.8 Å². The predicted molar refractivity (Wildman–Crippen MR) is 73.9 cm³/mol. The summed E-state index contributed by atoms with van der Waals surface area (Å²) >= 11 is 0. The number of hydrogen-bond acceptors (Lipinski definition) is 2. The van der Waals surface area contributed by atoms with Crippen LogP contribution < -0.4 is 0 Å². The lowest BCUT2D eigenvalue weighted by molar-refractivity contribution is -0.143. The molecule has 0 atom stereocenters. The van der Waals surface area contributed by atoms with E-state index in [2.05, 4.69) is 0 Å². The highest BCUT2D eigenvalue weighted by atomic mass is 16.4. The molecule has 19 heavy (non-hydrogen) atoms. The van der Waals surface area contributed by atoms with Gasteiger partial charge in [0.05, 0.1) is 6.42 Å². The summed E-state index contributed by atoms with van der Waals surface area (Å²) in [4.78, 5) is 24.4. The molecule has 104 valence electrons. The van der Waals surface area contributed by atoms with Gasteiger partial charge in [0.1, 0.15) is 0 Å². The van der Waals surface area contributed by atoms with Gasteiger partial charge in [-0.25, -0.2) is 0 Å². The molecular formula is C15H21NO3. The Morgan fingerprint density at radius 1 is 1.21 bits per heavy atom. The monoisotopic (exact) mass is 263 g/mol. The van der Waals surface area contributed by atoms with E-state index in [0.717, 1.165) is 5.56 Å². The van der Waals surface area contributed by atoms with Crippen molar-refractivity contribution in [2.75, 3.05) is 7.05 Å². The number of carbonyl (C=O) groups excluding carboxylic acids is 1. The fourth-order valence-electron chi connectivity index (χ4n) is 1.89. The smallest absolute Gasteiger partial charge is 0.305 e. The standard InChI is InChI=1S/C15H21NO3/c1-15(2,11-14(18)19)16(3)13(17)10-9-12-7-5-4-6-8-12/h4-8H,9-11H2,1-3H3,(H,18,19). The maximum atomic E-state index is 12.1. The zero-order valence-electron chi connectivity index (χ0n) is 11.7. The zero-order chi connectivity index (χ0) is 14.5. The van der Waals surface area contributed by atoms with Crippen LogP contribution in [-0.4, -0.2) is 34.5 Å². The van der Waals surface area contributed by atoms with Gasteiger partial charge in [-0.3, -0.25) is 9.59 Å². The van der Waals surface area contributed by atoms with Crippen molar-refractivity contribution < 1.29 is 14.7 Å². The van der Waals surface area contributed by atoms with E-state index in [4.69, 9.17) is 5.11 Å². The fraction of sp³-hybridized carbons (Fsp3) is 0.467. The molecule has 0 unspecified atom stereocenters. The van der Waals surface area contributed by atoms with E-state index in [-0.39, 0.29) is 12.3 Å². The average Bonchev–Trinajstić information content (AvgIpc) is 2.34. The summed E-state index contributed by atoms with van der Waals surface area (Å²) in [5.41, 5.74) is 0.444. The second-order valence-corrected chi connectivity index (χ2v) is 5.32. The van der Waals surface area contributed by atoms with Crippen LogP contribution in [0.4, 0.5) is 0 Å². The molecule has 0 saturated carbocycles. The molecule has 1 aromatic rings. The maximum Gasteiger partial charge on any atom is 0.305 e. The highest BCUT2D eigenvalue weighted by Gasteiger charge is 2.29. The molecule has 1 N–H and O–H groups in total. The van der Waals surface area contributed by atoms with Gasteiger partial charge in [0.2, 0.25) is 5.91 Å². The van der Waals surface area contributed by atoms with E-state index in [0.29, 0.717) is 12.8 Å². The summed E-state index contributed by atoms with van der Waals surface area (Å²) in [5, 5.41) is 8.85. The van der Waals surface area contributed by atoms with E-state index < -0.39 is 11.5 Å². The minimum atomic E-state index is -0.896. The summed E-state index contributed by atoms with van der Waals surface area (Å²) in [6.45, 7) is 3.53. The Morgan fingerprint density at radius 2 is 1.79 bits per heavy atom. The number of carboxylic acid groups (broad SMARTS) is 1. The van der Waals surface area contributed by atoms with Gasteiger partial charge in [-0.1, -0.05) is 30.3 Å². The number of carboxylic acids is 1. The molecule has 1 rings (SSSR count). The van der Waals surface area contributed by atoms with E-state index in [1.807, 2.05) is 30.3 Å². The molecule has 0 aliphatic carbocycles. The number of aryl methyl sites for hydroxylation is 1. The van der Waals surface area contributed by atoms with Crippen LogP contribution in [-0.2, 0) is 16.0 Å². The second-order valence-electron chi connectivity index (χ2n) is 5.32. The Hall–Kier alpha value is -1.84. The topological polar surface area (TPSA) is 57.6 Å². The number of carbonyl (C=O) groups is 2. The molecule has 0 radical (unpaired) electrons. The van der Waals surface area contributed by atoms with Crippen molar-refractivity contribution in [3.05, 3.63) is 35.9 Å². The highest BCUT2D eigenvalue weighted by molar-refractivity contribution is 5.78. The summed E-state index contributed by atoms with van der Waals surface area (Å²) in [6.07, 6.45) is 1.01. The highest BCUT2D eigenvalue weighted by Crippen LogP contribution is 2.18. The van der Waals surface area contributed by atoms with Crippen LogP contribution in [0.2, 0.25) is 0 Å². The molecule has 4 nitrogen and oxygen atoms in total. The Kier molecular flexibility index (Phi) is 5.10. The minimum Gasteiger partial charge on any atom is -0.481 e. The molecule has 4 heteroatoms. The predicted octanol–water partition coefficient (Wildman–Crippen LogP) is 2.33. The summed E-state index contributed by atoms with van der Waals surface area (Å²) < 4.78 is 0. The van der Waals surface area contributed by atoms with Gasteiger partial charge < -0.3 is 10.0 Å². The molecule has 0 bridgehead atoms. The molecule has 1 aromatic carbocycles.